The van der Waals surface area contributed by atoms with Gasteiger partial charge in [0.15, 0.2) is 6.61 Å². The van der Waals surface area contributed by atoms with Gasteiger partial charge in [-0.1, -0.05) is 42.5 Å². The molecule has 25 heavy (non-hydrogen) atoms. The summed E-state index contributed by atoms with van der Waals surface area (Å²) in [5, 5.41) is 0. The molecule has 0 heterocycles. The summed E-state index contributed by atoms with van der Waals surface area (Å²) in [5.74, 6) is 0.784. The number of aryl methyl sites for hydroxylation is 2. The van der Waals surface area contributed by atoms with E-state index in [9.17, 15) is 4.79 Å². The number of hydrogen-bond donors (Lipinski definition) is 0. The van der Waals surface area contributed by atoms with Gasteiger partial charge in [0.1, 0.15) is 5.75 Å². The molecule has 134 valence electrons. The van der Waals surface area contributed by atoms with Crippen molar-refractivity contribution in [3.63, 3.8) is 0 Å². The van der Waals surface area contributed by atoms with Crippen molar-refractivity contribution < 1.29 is 9.53 Å². The molecule has 0 bridgehead atoms. The van der Waals surface area contributed by atoms with E-state index in [1.165, 1.54) is 0 Å². The molecule has 0 aliphatic carbocycles. The van der Waals surface area contributed by atoms with E-state index in [-0.39, 0.29) is 12.5 Å². The van der Waals surface area contributed by atoms with E-state index in [2.05, 4.69) is 4.90 Å². The molecule has 0 spiro atoms. The Morgan fingerprint density at radius 1 is 1.00 bits per heavy atom. The largest absolute Gasteiger partial charge is 0.483 e. The number of likely N-dealkylation sites (N-methyl/N-ethyl adjacent to an activating group) is 1. The van der Waals surface area contributed by atoms with Crippen molar-refractivity contribution in [1.82, 2.24) is 9.80 Å². The fourth-order valence-electron chi connectivity index (χ4n) is 2.51. The molecule has 1 amide bonds. The van der Waals surface area contributed by atoms with Gasteiger partial charge in [0, 0.05) is 19.6 Å². The van der Waals surface area contributed by atoms with E-state index in [0.717, 1.165) is 29.0 Å². The topological polar surface area (TPSA) is 32.8 Å². The van der Waals surface area contributed by atoms with E-state index < -0.39 is 0 Å². The summed E-state index contributed by atoms with van der Waals surface area (Å²) in [6.07, 6.45) is 0. The first-order chi connectivity index (χ1) is 12.0. The third-order valence-electron chi connectivity index (χ3n) is 4.08. The Morgan fingerprint density at radius 2 is 1.72 bits per heavy atom. The number of nitrogens with zero attached hydrogens (tertiary/aromatic N) is 2. The van der Waals surface area contributed by atoms with Crippen LogP contribution in [0.3, 0.4) is 0 Å². The summed E-state index contributed by atoms with van der Waals surface area (Å²) in [7, 11) is 4.02. The van der Waals surface area contributed by atoms with Crippen LogP contribution in [0.2, 0.25) is 0 Å². The van der Waals surface area contributed by atoms with Crippen molar-refractivity contribution in [2.45, 2.75) is 20.4 Å². The second kappa shape index (κ2) is 9.23. The van der Waals surface area contributed by atoms with Crippen LogP contribution >= 0.6 is 0 Å². The molecule has 0 fully saturated rings. The van der Waals surface area contributed by atoms with Gasteiger partial charge in [-0.3, -0.25) is 4.79 Å². The molecule has 4 heteroatoms. The summed E-state index contributed by atoms with van der Waals surface area (Å²) in [6.45, 7) is 6.17. The van der Waals surface area contributed by atoms with Crippen molar-refractivity contribution in [2.24, 2.45) is 0 Å². The second-order valence-corrected chi connectivity index (χ2v) is 6.66. The fraction of sp³-hybridized carbons (Fsp3) is 0.381. The fourth-order valence-corrected chi connectivity index (χ4v) is 2.51. The first-order valence-corrected chi connectivity index (χ1v) is 8.62. The van der Waals surface area contributed by atoms with Gasteiger partial charge < -0.3 is 14.5 Å². The zero-order chi connectivity index (χ0) is 18.2. The van der Waals surface area contributed by atoms with Crippen molar-refractivity contribution >= 4 is 5.91 Å². The van der Waals surface area contributed by atoms with Gasteiger partial charge in [-0.25, -0.2) is 0 Å². The van der Waals surface area contributed by atoms with E-state index in [4.69, 9.17) is 4.74 Å². The molecular weight excluding hydrogens is 312 g/mol. The van der Waals surface area contributed by atoms with Gasteiger partial charge in [-0.2, -0.15) is 0 Å². The quantitative estimate of drug-likeness (QED) is 0.739. The Labute approximate surface area is 151 Å². The van der Waals surface area contributed by atoms with Crippen molar-refractivity contribution in [3.05, 3.63) is 65.2 Å². The number of amides is 1. The summed E-state index contributed by atoms with van der Waals surface area (Å²) < 4.78 is 5.80. The van der Waals surface area contributed by atoms with Crippen LogP contribution in [0.15, 0.2) is 48.5 Å². The predicted octanol–water partition coefficient (Wildman–Crippen LogP) is 3.27. The highest BCUT2D eigenvalue weighted by molar-refractivity contribution is 5.77. The average Bonchev–Trinajstić information content (AvgIpc) is 2.59. The Bertz CT molecular complexity index is 684. The Balaban J connectivity index is 2.02. The average molecular weight is 340 g/mol. The van der Waals surface area contributed by atoms with Crippen LogP contribution in [-0.4, -0.2) is 49.5 Å². The molecule has 0 N–H and O–H groups in total. The zero-order valence-electron chi connectivity index (χ0n) is 15.7. The monoisotopic (exact) mass is 340 g/mol. The minimum atomic E-state index is 0.00612. The molecule has 4 nitrogen and oxygen atoms in total. The van der Waals surface area contributed by atoms with Crippen LogP contribution in [0.25, 0.3) is 0 Å². The van der Waals surface area contributed by atoms with Crippen LogP contribution < -0.4 is 4.74 Å². The van der Waals surface area contributed by atoms with Gasteiger partial charge >= 0.3 is 0 Å². The standard InChI is InChI=1S/C21H28N2O2/c1-17-10-11-18(2)20(14-17)25-16-21(24)23(13-12-22(3)4)15-19-8-6-5-7-9-19/h5-11,14H,12-13,15-16H2,1-4H3. The normalized spacial score (nSPS) is 10.8. The van der Waals surface area contributed by atoms with Gasteiger partial charge in [0.05, 0.1) is 0 Å². The number of ether oxygens (including phenoxy) is 1. The van der Waals surface area contributed by atoms with Crippen LogP contribution in [0.1, 0.15) is 16.7 Å². The molecule has 0 saturated heterocycles. The number of benzene rings is 2. The predicted molar refractivity (Wildman–Crippen MR) is 102 cm³/mol. The molecule has 2 rings (SSSR count). The Kier molecular flexibility index (Phi) is 7.02. The van der Waals surface area contributed by atoms with Gasteiger partial charge in [-0.15, -0.1) is 0 Å². The summed E-state index contributed by atoms with van der Waals surface area (Å²) >= 11 is 0. The summed E-state index contributed by atoms with van der Waals surface area (Å²) in [6, 6.07) is 16.1. The highest BCUT2D eigenvalue weighted by Gasteiger charge is 2.15. The molecule has 0 aliphatic heterocycles. The van der Waals surface area contributed by atoms with Crippen molar-refractivity contribution in [1.29, 1.82) is 0 Å². The smallest absolute Gasteiger partial charge is 0.260 e. The Morgan fingerprint density at radius 3 is 2.40 bits per heavy atom. The molecule has 0 aliphatic rings. The summed E-state index contributed by atoms with van der Waals surface area (Å²) in [4.78, 5) is 16.7. The number of hydrogen-bond acceptors (Lipinski definition) is 3. The third-order valence-corrected chi connectivity index (χ3v) is 4.08. The lowest BCUT2D eigenvalue weighted by Crippen LogP contribution is -2.39. The first kappa shape index (κ1) is 19.0. The molecule has 0 aromatic heterocycles. The maximum atomic E-state index is 12.7. The minimum absolute atomic E-state index is 0.00612. The van der Waals surface area contributed by atoms with Crippen LogP contribution in [0.4, 0.5) is 0 Å². The molecule has 2 aromatic rings. The zero-order valence-corrected chi connectivity index (χ0v) is 15.7. The van der Waals surface area contributed by atoms with Crippen molar-refractivity contribution in [3.8, 4) is 5.75 Å². The minimum Gasteiger partial charge on any atom is -0.483 e. The van der Waals surface area contributed by atoms with E-state index in [1.54, 1.807) is 0 Å². The molecule has 2 aromatic carbocycles. The lowest BCUT2D eigenvalue weighted by atomic mass is 10.1. The van der Waals surface area contributed by atoms with Crippen LogP contribution in [0.5, 0.6) is 5.75 Å². The lowest BCUT2D eigenvalue weighted by Gasteiger charge is -2.25. The molecular formula is C21H28N2O2. The van der Waals surface area contributed by atoms with Gasteiger partial charge in [-0.05, 0) is 50.7 Å². The van der Waals surface area contributed by atoms with E-state index in [0.29, 0.717) is 13.1 Å². The molecule has 0 saturated carbocycles. The molecule has 0 atom stereocenters. The number of carbonyl (C=O) groups is 1. The molecule has 0 unspecified atom stereocenters. The first-order valence-electron chi connectivity index (χ1n) is 8.62. The van der Waals surface area contributed by atoms with Gasteiger partial charge in [0.2, 0.25) is 0 Å². The van der Waals surface area contributed by atoms with Gasteiger partial charge in [0.25, 0.3) is 5.91 Å². The van der Waals surface area contributed by atoms with E-state index >= 15 is 0 Å². The highest BCUT2D eigenvalue weighted by atomic mass is 16.5. The number of rotatable bonds is 8. The second-order valence-electron chi connectivity index (χ2n) is 6.66. The van der Waals surface area contributed by atoms with Crippen LogP contribution in [-0.2, 0) is 11.3 Å². The van der Waals surface area contributed by atoms with Crippen LogP contribution in [0, 0.1) is 13.8 Å². The van der Waals surface area contributed by atoms with E-state index in [1.807, 2.05) is 81.4 Å². The Hall–Kier alpha value is -2.33. The maximum absolute atomic E-state index is 12.7. The summed E-state index contributed by atoms with van der Waals surface area (Å²) in [5.41, 5.74) is 3.30. The maximum Gasteiger partial charge on any atom is 0.260 e. The lowest BCUT2D eigenvalue weighted by molar-refractivity contribution is -0.134. The molecule has 0 radical (unpaired) electrons. The highest BCUT2D eigenvalue weighted by Crippen LogP contribution is 2.19. The number of carbonyl (C=O) groups excluding carboxylic acids is 1. The third kappa shape index (κ3) is 6.24. The SMILES string of the molecule is Cc1ccc(C)c(OCC(=O)N(CCN(C)C)Cc2ccccc2)c1. The van der Waals surface area contributed by atoms with Crippen molar-refractivity contribution in [2.75, 3.05) is 33.8 Å².